The SMILES string of the molecule is Nc1cc(NCC2CCCOC2)cc(S(N)(=O)=O)c1. The first-order chi connectivity index (χ1) is 8.95. The van der Waals surface area contributed by atoms with Crippen LogP contribution in [0.5, 0.6) is 0 Å². The van der Waals surface area contributed by atoms with Gasteiger partial charge in [-0.2, -0.15) is 0 Å². The molecule has 0 spiro atoms. The normalized spacial score (nSPS) is 20.2. The average molecular weight is 285 g/mol. The highest BCUT2D eigenvalue weighted by Gasteiger charge is 2.14. The van der Waals surface area contributed by atoms with E-state index in [0.29, 0.717) is 17.3 Å². The molecule has 1 aromatic carbocycles. The van der Waals surface area contributed by atoms with E-state index >= 15 is 0 Å². The average Bonchev–Trinajstić information content (AvgIpc) is 2.36. The van der Waals surface area contributed by atoms with E-state index in [0.717, 1.165) is 32.6 Å². The lowest BCUT2D eigenvalue weighted by atomic mass is 10.0. The van der Waals surface area contributed by atoms with Gasteiger partial charge in [0, 0.05) is 24.5 Å². The molecule has 0 bridgehead atoms. The molecule has 1 aliphatic heterocycles. The van der Waals surface area contributed by atoms with Gasteiger partial charge in [0.25, 0.3) is 0 Å². The molecule has 0 radical (unpaired) electrons. The van der Waals surface area contributed by atoms with E-state index in [1.165, 1.54) is 12.1 Å². The van der Waals surface area contributed by atoms with Crippen LogP contribution < -0.4 is 16.2 Å². The number of anilines is 2. The van der Waals surface area contributed by atoms with Crippen molar-refractivity contribution in [3.63, 3.8) is 0 Å². The van der Waals surface area contributed by atoms with Crippen molar-refractivity contribution >= 4 is 21.4 Å². The predicted molar refractivity (Wildman–Crippen MR) is 74.3 cm³/mol. The Morgan fingerprint density at radius 3 is 2.79 bits per heavy atom. The number of ether oxygens (including phenoxy) is 1. The maximum Gasteiger partial charge on any atom is 0.238 e. The van der Waals surface area contributed by atoms with E-state index in [4.69, 9.17) is 15.6 Å². The Morgan fingerprint density at radius 1 is 1.37 bits per heavy atom. The van der Waals surface area contributed by atoms with Crippen molar-refractivity contribution in [1.82, 2.24) is 0 Å². The molecular formula is C12H19N3O3S. The van der Waals surface area contributed by atoms with Crippen LogP contribution in [0.3, 0.4) is 0 Å². The van der Waals surface area contributed by atoms with Gasteiger partial charge in [-0.15, -0.1) is 0 Å². The van der Waals surface area contributed by atoms with Crippen molar-refractivity contribution in [2.75, 3.05) is 30.8 Å². The van der Waals surface area contributed by atoms with Gasteiger partial charge in [-0.1, -0.05) is 0 Å². The van der Waals surface area contributed by atoms with Crippen LogP contribution in [0.25, 0.3) is 0 Å². The zero-order valence-electron chi connectivity index (χ0n) is 10.6. The molecule has 2 rings (SSSR count). The van der Waals surface area contributed by atoms with Crippen LogP contribution in [0, 0.1) is 5.92 Å². The van der Waals surface area contributed by atoms with Gasteiger partial charge in [0.1, 0.15) is 0 Å². The van der Waals surface area contributed by atoms with Crippen LogP contribution >= 0.6 is 0 Å². The van der Waals surface area contributed by atoms with Crippen LogP contribution in [-0.4, -0.2) is 28.2 Å². The molecular weight excluding hydrogens is 266 g/mol. The summed E-state index contributed by atoms with van der Waals surface area (Å²) in [6.45, 7) is 2.29. The number of hydrogen-bond donors (Lipinski definition) is 3. The Balaban J connectivity index is 2.05. The summed E-state index contributed by atoms with van der Waals surface area (Å²) in [5, 5.41) is 8.29. The number of nitrogens with two attached hydrogens (primary N) is 2. The van der Waals surface area contributed by atoms with Gasteiger partial charge in [-0.25, -0.2) is 13.6 Å². The Labute approximate surface area is 113 Å². The smallest absolute Gasteiger partial charge is 0.238 e. The number of primary sulfonamides is 1. The Kier molecular flexibility index (Phi) is 4.28. The third-order valence-electron chi connectivity index (χ3n) is 3.11. The largest absolute Gasteiger partial charge is 0.399 e. The second kappa shape index (κ2) is 5.77. The molecule has 5 N–H and O–H groups in total. The van der Waals surface area contributed by atoms with Gasteiger partial charge in [0.05, 0.1) is 11.5 Å². The van der Waals surface area contributed by atoms with Crippen molar-refractivity contribution in [3.05, 3.63) is 18.2 Å². The van der Waals surface area contributed by atoms with Crippen LogP contribution in [0.15, 0.2) is 23.1 Å². The molecule has 106 valence electrons. The number of sulfonamides is 1. The molecule has 1 saturated heterocycles. The minimum atomic E-state index is -3.74. The lowest BCUT2D eigenvalue weighted by Gasteiger charge is -2.22. The number of benzene rings is 1. The van der Waals surface area contributed by atoms with E-state index in [2.05, 4.69) is 5.32 Å². The summed E-state index contributed by atoms with van der Waals surface area (Å²) in [6, 6.07) is 4.54. The maximum absolute atomic E-state index is 11.3. The fourth-order valence-corrected chi connectivity index (χ4v) is 2.71. The Bertz CT molecular complexity index is 539. The van der Waals surface area contributed by atoms with Crippen LogP contribution in [0.2, 0.25) is 0 Å². The molecule has 1 atom stereocenters. The highest BCUT2D eigenvalue weighted by molar-refractivity contribution is 7.89. The van der Waals surface area contributed by atoms with Crippen LogP contribution in [-0.2, 0) is 14.8 Å². The highest BCUT2D eigenvalue weighted by atomic mass is 32.2. The van der Waals surface area contributed by atoms with E-state index in [-0.39, 0.29) is 4.90 Å². The topological polar surface area (TPSA) is 107 Å². The maximum atomic E-state index is 11.3. The third kappa shape index (κ3) is 4.09. The minimum Gasteiger partial charge on any atom is -0.399 e. The quantitative estimate of drug-likeness (QED) is 0.708. The summed E-state index contributed by atoms with van der Waals surface area (Å²) in [7, 11) is -3.74. The van der Waals surface area contributed by atoms with Crippen molar-refractivity contribution in [1.29, 1.82) is 0 Å². The lowest BCUT2D eigenvalue weighted by molar-refractivity contribution is 0.0595. The molecule has 1 aliphatic rings. The molecule has 0 aliphatic carbocycles. The summed E-state index contributed by atoms with van der Waals surface area (Å²) in [6.07, 6.45) is 2.17. The molecule has 1 heterocycles. The predicted octanol–water partition coefficient (Wildman–Crippen LogP) is 0.755. The van der Waals surface area contributed by atoms with E-state index < -0.39 is 10.0 Å². The van der Waals surface area contributed by atoms with Crippen LogP contribution in [0.1, 0.15) is 12.8 Å². The first kappa shape index (κ1) is 14.1. The molecule has 7 heteroatoms. The Hall–Kier alpha value is -1.31. The first-order valence-corrected chi connectivity index (χ1v) is 7.75. The summed E-state index contributed by atoms with van der Waals surface area (Å²) >= 11 is 0. The third-order valence-corrected chi connectivity index (χ3v) is 4.00. The molecule has 1 fully saturated rings. The number of rotatable bonds is 4. The minimum absolute atomic E-state index is 0.0231. The van der Waals surface area contributed by atoms with Gasteiger partial charge < -0.3 is 15.8 Å². The summed E-state index contributed by atoms with van der Waals surface area (Å²) in [5.41, 5.74) is 6.71. The van der Waals surface area contributed by atoms with Crippen molar-refractivity contribution in [2.24, 2.45) is 11.1 Å². The standard InChI is InChI=1S/C12H19N3O3S/c13-10-4-11(6-12(5-10)19(14,16)17)15-7-9-2-1-3-18-8-9/h4-6,9,15H,1-3,7-8,13H2,(H2,14,16,17). The van der Waals surface area contributed by atoms with E-state index in [1.807, 2.05) is 0 Å². The van der Waals surface area contributed by atoms with Gasteiger partial charge >= 0.3 is 0 Å². The fourth-order valence-electron chi connectivity index (χ4n) is 2.12. The van der Waals surface area contributed by atoms with Crippen molar-refractivity contribution in [3.8, 4) is 0 Å². The molecule has 19 heavy (non-hydrogen) atoms. The highest BCUT2D eigenvalue weighted by Crippen LogP contribution is 2.21. The second-order valence-electron chi connectivity index (χ2n) is 4.80. The van der Waals surface area contributed by atoms with Gasteiger partial charge in [-0.3, -0.25) is 0 Å². The van der Waals surface area contributed by atoms with Crippen LogP contribution in [0.4, 0.5) is 11.4 Å². The number of hydrogen-bond acceptors (Lipinski definition) is 5. The van der Waals surface area contributed by atoms with Gasteiger partial charge in [0.15, 0.2) is 0 Å². The van der Waals surface area contributed by atoms with E-state index in [9.17, 15) is 8.42 Å². The first-order valence-electron chi connectivity index (χ1n) is 6.20. The molecule has 0 aromatic heterocycles. The van der Waals surface area contributed by atoms with Crippen molar-refractivity contribution < 1.29 is 13.2 Å². The molecule has 1 unspecified atom stereocenters. The van der Waals surface area contributed by atoms with Crippen molar-refractivity contribution in [2.45, 2.75) is 17.7 Å². The second-order valence-corrected chi connectivity index (χ2v) is 6.36. The van der Waals surface area contributed by atoms with Gasteiger partial charge in [-0.05, 0) is 37.0 Å². The monoisotopic (exact) mass is 285 g/mol. The molecule has 0 saturated carbocycles. The molecule has 0 amide bonds. The number of nitrogens with one attached hydrogen (secondary N) is 1. The fraction of sp³-hybridized carbons (Fsp3) is 0.500. The lowest BCUT2D eigenvalue weighted by Crippen LogP contribution is -2.24. The zero-order valence-corrected chi connectivity index (χ0v) is 11.4. The summed E-state index contributed by atoms with van der Waals surface area (Å²) in [5.74, 6) is 0.438. The summed E-state index contributed by atoms with van der Waals surface area (Å²) in [4.78, 5) is 0.0231. The number of nitrogen functional groups attached to an aromatic ring is 1. The molecule has 1 aromatic rings. The Morgan fingerprint density at radius 2 is 2.16 bits per heavy atom. The van der Waals surface area contributed by atoms with Gasteiger partial charge in [0.2, 0.25) is 10.0 Å². The van der Waals surface area contributed by atoms with E-state index in [1.54, 1.807) is 6.07 Å². The molecule has 6 nitrogen and oxygen atoms in total. The summed E-state index contributed by atoms with van der Waals surface area (Å²) < 4.78 is 28.0. The zero-order chi connectivity index (χ0) is 13.9.